The zero-order chi connectivity index (χ0) is 15.2. The lowest BCUT2D eigenvalue weighted by molar-refractivity contribution is 0.245. The fraction of sp³-hybridized carbons (Fsp3) is 0.765. The Labute approximate surface area is 128 Å². The van der Waals surface area contributed by atoms with Gasteiger partial charge in [0.15, 0.2) is 0 Å². The van der Waals surface area contributed by atoms with E-state index in [1.54, 1.807) is 0 Å². The summed E-state index contributed by atoms with van der Waals surface area (Å²) in [5.41, 5.74) is 1.72. The maximum Gasteiger partial charge on any atom is 0.348 e. The highest BCUT2D eigenvalue weighted by atomic mass is 16.1. The molecular weight excluding hydrogens is 262 g/mol. The highest BCUT2D eigenvalue weighted by Gasteiger charge is 2.24. The molecule has 4 nitrogen and oxygen atoms in total. The largest absolute Gasteiger partial charge is 0.348 e. The molecule has 1 atom stereocenters. The standard InChI is InChI=1S/C17H29N3O/c1-4-10-18-16(15-8-6-5-7-9-15)12-20-14(3)11-13(2)19-17(20)21/h11,15-16,18H,4-10,12H2,1-3H3. The molecule has 0 amide bonds. The van der Waals surface area contributed by atoms with Crippen LogP contribution in [0.4, 0.5) is 0 Å². The first kappa shape index (κ1) is 16.2. The summed E-state index contributed by atoms with van der Waals surface area (Å²) >= 11 is 0. The van der Waals surface area contributed by atoms with Crippen molar-refractivity contribution in [3.05, 3.63) is 27.9 Å². The highest BCUT2D eigenvalue weighted by Crippen LogP contribution is 2.27. The minimum atomic E-state index is -0.105. The lowest BCUT2D eigenvalue weighted by Gasteiger charge is -2.32. The van der Waals surface area contributed by atoms with E-state index in [2.05, 4.69) is 17.2 Å². The van der Waals surface area contributed by atoms with Crippen molar-refractivity contribution < 1.29 is 0 Å². The molecule has 1 heterocycles. The Morgan fingerprint density at radius 1 is 1.33 bits per heavy atom. The van der Waals surface area contributed by atoms with Crippen LogP contribution in [0.25, 0.3) is 0 Å². The first-order chi connectivity index (χ1) is 10.1. The molecule has 0 bridgehead atoms. The third-order valence-electron chi connectivity index (χ3n) is 4.60. The van der Waals surface area contributed by atoms with E-state index in [0.717, 1.165) is 30.9 Å². The molecule has 1 aliphatic rings. The predicted molar refractivity (Wildman–Crippen MR) is 86.6 cm³/mol. The van der Waals surface area contributed by atoms with Gasteiger partial charge in [0, 0.05) is 24.0 Å². The number of nitrogens with one attached hydrogen (secondary N) is 1. The van der Waals surface area contributed by atoms with E-state index in [1.165, 1.54) is 32.1 Å². The van der Waals surface area contributed by atoms with E-state index in [-0.39, 0.29) is 5.69 Å². The van der Waals surface area contributed by atoms with Gasteiger partial charge in [-0.2, -0.15) is 4.98 Å². The molecule has 0 aromatic carbocycles. The van der Waals surface area contributed by atoms with E-state index >= 15 is 0 Å². The molecule has 1 unspecified atom stereocenters. The fourth-order valence-electron chi connectivity index (χ4n) is 3.44. The summed E-state index contributed by atoms with van der Waals surface area (Å²) in [6.07, 6.45) is 7.72. The predicted octanol–water partition coefficient (Wildman–Crippen LogP) is 2.81. The first-order valence-electron chi connectivity index (χ1n) is 8.40. The summed E-state index contributed by atoms with van der Waals surface area (Å²) in [7, 11) is 0. The first-order valence-corrected chi connectivity index (χ1v) is 8.40. The van der Waals surface area contributed by atoms with Crippen molar-refractivity contribution in [3.8, 4) is 0 Å². The van der Waals surface area contributed by atoms with E-state index in [0.29, 0.717) is 12.0 Å². The lowest BCUT2D eigenvalue weighted by atomic mass is 9.83. The number of hydrogen-bond donors (Lipinski definition) is 1. The number of nitrogens with zero attached hydrogens (tertiary/aromatic N) is 2. The van der Waals surface area contributed by atoms with Gasteiger partial charge in [0.2, 0.25) is 0 Å². The molecular formula is C17H29N3O. The Balaban J connectivity index is 2.15. The molecule has 1 aromatic rings. The van der Waals surface area contributed by atoms with Crippen molar-refractivity contribution in [1.29, 1.82) is 0 Å². The molecule has 118 valence electrons. The molecule has 1 fully saturated rings. The van der Waals surface area contributed by atoms with E-state index < -0.39 is 0 Å². The Kier molecular flexibility index (Phi) is 5.97. The van der Waals surface area contributed by atoms with Gasteiger partial charge >= 0.3 is 5.69 Å². The Hall–Kier alpha value is -1.16. The fourth-order valence-corrected chi connectivity index (χ4v) is 3.44. The molecule has 1 N–H and O–H groups in total. The van der Waals surface area contributed by atoms with E-state index in [9.17, 15) is 4.79 Å². The topological polar surface area (TPSA) is 46.9 Å². The van der Waals surface area contributed by atoms with Crippen LogP contribution in [0, 0.1) is 19.8 Å². The van der Waals surface area contributed by atoms with Crippen LogP contribution in [0.3, 0.4) is 0 Å². The average Bonchev–Trinajstić information content (AvgIpc) is 2.46. The second kappa shape index (κ2) is 7.74. The average molecular weight is 291 g/mol. The third-order valence-corrected chi connectivity index (χ3v) is 4.60. The summed E-state index contributed by atoms with van der Waals surface area (Å²) in [6, 6.07) is 2.39. The Bertz CT molecular complexity index is 503. The van der Waals surface area contributed by atoms with Crippen molar-refractivity contribution >= 4 is 0 Å². The summed E-state index contributed by atoms with van der Waals surface area (Å²) in [5, 5.41) is 3.67. The molecule has 1 aliphatic carbocycles. The van der Waals surface area contributed by atoms with Crippen LogP contribution in [0.2, 0.25) is 0 Å². The van der Waals surface area contributed by atoms with Crippen LogP contribution < -0.4 is 11.0 Å². The molecule has 0 spiro atoms. The summed E-state index contributed by atoms with van der Waals surface area (Å²) < 4.78 is 1.84. The van der Waals surface area contributed by atoms with Crippen molar-refractivity contribution in [2.24, 2.45) is 5.92 Å². The molecule has 2 rings (SSSR count). The van der Waals surface area contributed by atoms with Crippen LogP contribution in [0.1, 0.15) is 56.8 Å². The van der Waals surface area contributed by atoms with Gasteiger partial charge in [-0.05, 0) is 51.6 Å². The van der Waals surface area contributed by atoms with Crippen LogP contribution in [0.15, 0.2) is 10.9 Å². The van der Waals surface area contributed by atoms with Gasteiger partial charge < -0.3 is 5.32 Å². The van der Waals surface area contributed by atoms with Crippen molar-refractivity contribution in [2.75, 3.05) is 6.54 Å². The van der Waals surface area contributed by atoms with Crippen LogP contribution in [-0.2, 0) is 6.54 Å². The summed E-state index contributed by atoms with van der Waals surface area (Å²) in [5.74, 6) is 0.693. The molecule has 1 saturated carbocycles. The zero-order valence-corrected chi connectivity index (χ0v) is 13.7. The smallest absolute Gasteiger partial charge is 0.312 e. The van der Waals surface area contributed by atoms with Crippen molar-refractivity contribution in [3.63, 3.8) is 0 Å². The minimum absolute atomic E-state index is 0.105. The van der Waals surface area contributed by atoms with E-state index in [1.807, 2.05) is 24.5 Å². The maximum atomic E-state index is 12.2. The quantitative estimate of drug-likeness (QED) is 0.876. The van der Waals surface area contributed by atoms with Gasteiger partial charge in [0.25, 0.3) is 0 Å². The molecule has 0 saturated heterocycles. The van der Waals surface area contributed by atoms with Gasteiger partial charge in [-0.3, -0.25) is 4.57 Å². The van der Waals surface area contributed by atoms with Gasteiger partial charge in [-0.25, -0.2) is 4.79 Å². The maximum absolute atomic E-state index is 12.2. The third kappa shape index (κ3) is 4.40. The molecule has 4 heteroatoms. The van der Waals surface area contributed by atoms with Gasteiger partial charge in [0.05, 0.1) is 0 Å². The minimum Gasteiger partial charge on any atom is -0.312 e. The Morgan fingerprint density at radius 3 is 2.67 bits per heavy atom. The second-order valence-electron chi connectivity index (χ2n) is 6.39. The molecule has 0 aliphatic heterocycles. The monoisotopic (exact) mass is 291 g/mol. The summed E-state index contributed by atoms with van der Waals surface area (Å²) in [4.78, 5) is 16.3. The SMILES string of the molecule is CCCNC(Cn1c(C)cc(C)nc1=O)C1CCCCC1. The van der Waals surface area contributed by atoms with Crippen molar-refractivity contribution in [1.82, 2.24) is 14.9 Å². The Morgan fingerprint density at radius 2 is 2.05 bits per heavy atom. The van der Waals surface area contributed by atoms with Gasteiger partial charge in [0.1, 0.15) is 0 Å². The number of rotatable bonds is 6. The van der Waals surface area contributed by atoms with Crippen molar-refractivity contribution in [2.45, 2.75) is 71.9 Å². The summed E-state index contributed by atoms with van der Waals surface area (Å²) in [6.45, 7) is 7.85. The van der Waals surface area contributed by atoms with E-state index in [4.69, 9.17) is 0 Å². The number of hydrogen-bond acceptors (Lipinski definition) is 3. The van der Waals surface area contributed by atoms with Gasteiger partial charge in [-0.1, -0.05) is 26.2 Å². The van der Waals surface area contributed by atoms with Gasteiger partial charge in [-0.15, -0.1) is 0 Å². The highest BCUT2D eigenvalue weighted by molar-refractivity contribution is 5.07. The molecule has 0 radical (unpaired) electrons. The molecule has 1 aromatic heterocycles. The second-order valence-corrected chi connectivity index (χ2v) is 6.39. The number of aryl methyl sites for hydroxylation is 2. The number of aromatic nitrogens is 2. The normalized spacial score (nSPS) is 17.9. The van der Waals surface area contributed by atoms with Crippen LogP contribution >= 0.6 is 0 Å². The van der Waals surface area contributed by atoms with Crippen LogP contribution in [-0.4, -0.2) is 22.1 Å². The zero-order valence-electron chi connectivity index (χ0n) is 13.7. The van der Waals surface area contributed by atoms with Crippen LogP contribution in [0.5, 0.6) is 0 Å². The lowest BCUT2D eigenvalue weighted by Crippen LogP contribution is -2.44. The molecule has 21 heavy (non-hydrogen) atoms.